The van der Waals surface area contributed by atoms with Crippen molar-refractivity contribution >= 4 is 34.6 Å². The largest absolute Gasteiger partial charge is 0.368 e. The van der Waals surface area contributed by atoms with Crippen molar-refractivity contribution in [3.05, 3.63) is 17.8 Å². The molecule has 0 radical (unpaired) electrons. The van der Waals surface area contributed by atoms with E-state index < -0.39 is 5.54 Å². The van der Waals surface area contributed by atoms with Gasteiger partial charge in [-0.15, -0.1) is 0 Å². The molecule has 1 aliphatic heterocycles. The van der Waals surface area contributed by atoms with E-state index in [1.807, 2.05) is 21.0 Å². The Hall–Kier alpha value is -3.01. The Morgan fingerprint density at radius 3 is 2.66 bits per heavy atom. The predicted octanol–water partition coefficient (Wildman–Crippen LogP) is 1.49. The molecule has 0 saturated carbocycles. The molecule has 1 aliphatic rings. The lowest BCUT2D eigenvalue weighted by molar-refractivity contribution is -0.119. The molecule has 1 fully saturated rings. The lowest BCUT2D eigenvalue weighted by atomic mass is 9.94. The van der Waals surface area contributed by atoms with Gasteiger partial charge in [-0.1, -0.05) is 19.8 Å². The minimum absolute atomic E-state index is 0.0670. The summed E-state index contributed by atoms with van der Waals surface area (Å²) in [6, 6.07) is 2.10. The normalized spacial score (nSPS) is 16.0. The Morgan fingerprint density at radius 2 is 2.03 bits per heavy atom. The summed E-state index contributed by atoms with van der Waals surface area (Å²) >= 11 is 0. The second-order valence-corrected chi connectivity index (χ2v) is 9.05. The zero-order chi connectivity index (χ0) is 23.5. The van der Waals surface area contributed by atoms with Crippen molar-refractivity contribution in [1.29, 1.82) is 0 Å². The number of fused-ring (bicyclic) bond motifs is 1. The maximum absolute atomic E-state index is 12.8. The number of unbranched alkanes of at least 4 members (excludes halogenated alkanes) is 1. The van der Waals surface area contributed by atoms with Crippen molar-refractivity contribution in [3.63, 3.8) is 0 Å². The van der Waals surface area contributed by atoms with Crippen LogP contribution in [0.5, 0.6) is 0 Å². The van der Waals surface area contributed by atoms with Crippen LogP contribution in [0.1, 0.15) is 50.4 Å². The molecule has 174 valence electrons. The summed E-state index contributed by atoms with van der Waals surface area (Å²) < 4.78 is 0. The lowest BCUT2D eigenvalue weighted by Crippen LogP contribution is -2.59. The van der Waals surface area contributed by atoms with Crippen LogP contribution in [-0.2, 0) is 4.79 Å². The number of pyridine rings is 1. The zero-order valence-corrected chi connectivity index (χ0v) is 19.6. The number of hydrogen-bond donors (Lipinski definition) is 3. The van der Waals surface area contributed by atoms with E-state index in [1.165, 1.54) is 6.92 Å². The monoisotopic (exact) mass is 442 g/mol. The molecule has 0 bridgehead atoms. The van der Waals surface area contributed by atoms with Crippen LogP contribution < -0.4 is 16.4 Å². The molecule has 32 heavy (non-hydrogen) atoms. The van der Waals surface area contributed by atoms with Crippen LogP contribution in [0.25, 0.3) is 11.0 Å². The molecule has 3 rings (SSSR count). The number of carbonyl (C=O) groups is 2. The van der Waals surface area contributed by atoms with Gasteiger partial charge in [0.1, 0.15) is 5.52 Å². The first-order valence-corrected chi connectivity index (χ1v) is 11.0. The molecule has 2 aromatic rings. The number of anilines is 2. The molecule has 0 aliphatic carbocycles. The van der Waals surface area contributed by atoms with Gasteiger partial charge in [0.25, 0.3) is 5.91 Å². The molecule has 2 amide bonds. The zero-order valence-electron chi connectivity index (χ0n) is 19.6. The highest BCUT2D eigenvalue weighted by atomic mass is 16.2. The third-order valence-electron chi connectivity index (χ3n) is 5.91. The van der Waals surface area contributed by atoms with E-state index in [9.17, 15) is 9.59 Å². The Kier molecular flexibility index (Phi) is 7.12. The lowest BCUT2D eigenvalue weighted by Gasteiger charge is -2.42. The number of carbonyl (C=O) groups excluding carboxylic acids is 2. The third-order valence-corrected chi connectivity index (χ3v) is 5.91. The van der Waals surface area contributed by atoms with Crippen LogP contribution in [0.15, 0.2) is 12.3 Å². The summed E-state index contributed by atoms with van der Waals surface area (Å²) in [6.45, 7) is 7.48. The first-order chi connectivity index (χ1) is 15.1. The van der Waals surface area contributed by atoms with Gasteiger partial charge in [-0.25, -0.2) is 9.97 Å². The summed E-state index contributed by atoms with van der Waals surface area (Å²) in [6.07, 6.45) is 4.40. The number of nitrogens with one attached hydrogen (secondary N) is 2. The van der Waals surface area contributed by atoms with Crippen molar-refractivity contribution in [3.8, 4) is 0 Å². The second kappa shape index (κ2) is 9.64. The molecule has 1 atom stereocenters. The average molecular weight is 443 g/mol. The Labute approximate surface area is 189 Å². The van der Waals surface area contributed by atoms with E-state index >= 15 is 0 Å². The maximum atomic E-state index is 12.8. The molecule has 0 spiro atoms. The topological polar surface area (TPSA) is 129 Å². The van der Waals surface area contributed by atoms with Gasteiger partial charge >= 0.3 is 0 Å². The number of nitrogen functional groups attached to an aromatic ring is 1. The first-order valence-electron chi connectivity index (χ1n) is 11.0. The Balaban J connectivity index is 1.86. The van der Waals surface area contributed by atoms with Crippen LogP contribution in [0, 0.1) is 0 Å². The highest BCUT2D eigenvalue weighted by molar-refractivity contribution is 5.98. The fraction of sp³-hybridized carbons (Fsp3) is 0.591. The minimum atomic E-state index is -0.440. The number of aromatic nitrogens is 3. The van der Waals surface area contributed by atoms with Crippen LogP contribution in [0.2, 0.25) is 0 Å². The summed E-state index contributed by atoms with van der Waals surface area (Å²) in [4.78, 5) is 41.4. The molecule has 3 heterocycles. The van der Waals surface area contributed by atoms with E-state index in [2.05, 4.69) is 37.4 Å². The summed E-state index contributed by atoms with van der Waals surface area (Å²) in [7, 11) is 4.02. The first kappa shape index (κ1) is 23.6. The van der Waals surface area contributed by atoms with Gasteiger partial charge < -0.3 is 26.2 Å². The fourth-order valence-corrected chi connectivity index (χ4v) is 3.74. The Bertz CT molecular complexity index is 989. The fourth-order valence-electron chi connectivity index (χ4n) is 3.74. The molecule has 10 heteroatoms. The van der Waals surface area contributed by atoms with Gasteiger partial charge in [-0.2, -0.15) is 4.98 Å². The van der Waals surface area contributed by atoms with Gasteiger partial charge in [-0.3, -0.25) is 9.59 Å². The number of amides is 2. The molecule has 2 aromatic heterocycles. The number of likely N-dealkylation sites (tertiary alicyclic amines) is 1. The van der Waals surface area contributed by atoms with E-state index in [0.717, 1.165) is 19.3 Å². The van der Waals surface area contributed by atoms with Crippen LogP contribution in [-0.4, -0.2) is 81.9 Å². The average Bonchev–Trinajstić information content (AvgIpc) is 2.69. The predicted molar refractivity (Wildman–Crippen MR) is 125 cm³/mol. The molecular weight excluding hydrogens is 408 g/mol. The molecule has 0 unspecified atom stereocenters. The van der Waals surface area contributed by atoms with E-state index in [1.54, 1.807) is 17.2 Å². The van der Waals surface area contributed by atoms with Crippen LogP contribution in [0.4, 0.5) is 11.8 Å². The molecule has 4 N–H and O–H groups in total. The van der Waals surface area contributed by atoms with Gasteiger partial charge in [0.15, 0.2) is 5.82 Å². The highest BCUT2D eigenvalue weighted by Gasteiger charge is 2.33. The SMILES string of the molecule is CCCC[C@](C)(CNC(C)=O)Nc1nc(N)nc2cc(C(=O)N3CC(N(C)C)C3)cnc12. The number of hydrogen-bond acceptors (Lipinski definition) is 8. The maximum Gasteiger partial charge on any atom is 0.255 e. The molecule has 0 aromatic carbocycles. The van der Waals surface area contributed by atoms with Gasteiger partial charge in [0.05, 0.1) is 16.6 Å². The number of likely N-dealkylation sites (N-methyl/N-ethyl adjacent to an activating group) is 1. The Morgan fingerprint density at radius 1 is 1.31 bits per heavy atom. The standard InChI is InChI=1S/C22H34N8O2/c1-6-7-8-22(3,13-25-14(2)31)28-19-18-17(26-21(23)27-19)9-15(10-24-18)20(32)30-11-16(12-30)29(4)5/h9-10,16H,6-8,11-13H2,1-5H3,(H,25,31)(H3,23,26,27,28)/t22-/m1/s1. The van der Waals surface area contributed by atoms with E-state index in [-0.39, 0.29) is 17.8 Å². The summed E-state index contributed by atoms with van der Waals surface area (Å²) in [5.74, 6) is 0.431. The van der Waals surface area contributed by atoms with Gasteiger partial charge in [0.2, 0.25) is 11.9 Å². The van der Waals surface area contributed by atoms with Crippen LogP contribution >= 0.6 is 0 Å². The van der Waals surface area contributed by atoms with Crippen molar-refractivity contribution in [1.82, 2.24) is 30.1 Å². The smallest absolute Gasteiger partial charge is 0.255 e. The summed E-state index contributed by atoms with van der Waals surface area (Å²) in [5, 5.41) is 6.32. The highest BCUT2D eigenvalue weighted by Crippen LogP contribution is 2.26. The van der Waals surface area contributed by atoms with Crippen molar-refractivity contribution in [2.45, 2.75) is 51.6 Å². The van der Waals surface area contributed by atoms with Crippen molar-refractivity contribution in [2.75, 3.05) is 44.8 Å². The van der Waals surface area contributed by atoms with E-state index in [0.29, 0.717) is 48.1 Å². The third kappa shape index (κ3) is 5.42. The van der Waals surface area contributed by atoms with Crippen LogP contribution in [0.3, 0.4) is 0 Å². The number of nitrogens with zero attached hydrogens (tertiary/aromatic N) is 5. The van der Waals surface area contributed by atoms with Crippen molar-refractivity contribution in [2.24, 2.45) is 0 Å². The quantitative estimate of drug-likeness (QED) is 0.533. The summed E-state index contributed by atoms with van der Waals surface area (Å²) in [5.41, 5.74) is 7.06. The minimum Gasteiger partial charge on any atom is -0.368 e. The van der Waals surface area contributed by atoms with Crippen molar-refractivity contribution < 1.29 is 9.59 Å². The van der Waals surface area contributed by atoms with E-state index in [4.69, 9.17) is 5.73 Å². The second-order valence-electron chi connectivity index (χ2n) is 9.05. The van der Waals surface area contributed by atoms with Gasteiger partial charge in [0, 0.05) is 38.8 Å². The van der Waals surface area contributed by atoms with Gasteiger partial charge in [-0.05, 0) is 33.5 Å². The number of rotatable bonds is 9. The molecule has 1 saturated heterocycles. The molecular formula is C22H34N8O2. The molecule has 10 nitrogen and oxygen atoms in total. The number of nitrogens with two attached hydrogens (primary N) is 1.